The molecular weight excluding hydrogens is 322 g/mol. The van der Waals surface area contributed by atoms with Gasteiger partial charge in [0.1, 0.15) is 0 Å². The van der Waals surface area contributed by atoms with E-state index in [1.54, 1.807) is 13.8 Å². The van der Waals surface area contributed by atoms with Crippen molar-refractivity contribution in [2.24, 2.45) is 11.8 Å². The average molecular weight is 342 g/mol. The van der Waals surface area contributed by atoms with Gasteiger partial charge in [0.25, 0.3) is 0 Å². The normalized spacial score (nSPS) is 15.2. The summed E-state index contributed by atoms with van der Waals surface area (Å²) in [6.45, 7) is 5.10. The maximum Gasteiger partial charge on any atom is 0.307 e. The Bertz CT molecular complexity index is 473. The van der Waals surface area contributed by atoms with Crippen molar-refractivity contribution in [1.29, 1.82) is 0 Å². The zero-order valence-corrected chi connectivity index (χ0v) is 13.5. The van der Waals surface area contributed by atoms with Crippen molar-refractivity contribution < 1.29 is 14.7 Å². The number of hydrogen-bond donors (Lipinski definition) is 2. The molecule has 3 atom stereocenters. The number of rotatable bonds is 6. The molecule has 0 bridgehead atoms. The van der Waals surface area contributed by atoms with Crippen molar-refractivity contribution in [1.82, 2.24) is 5.32 Å². The smallest absolute Gasteiger partial charge is 0.307 e. The van der Waals surface area contributed by atoms with Crippen molar-refractivity contribution in [3.05, 3.63) is 34.3 Å². The molecule has 2 N–H and O–H groups in total. The number of amides is 1. The van der Waals surface area contributed by atoms with Gasteiger partial charge in [0, 0.05) is 16.4 Å². The van der Waals surface area contributed by atoms with Crippen molar-refractivity contribution in [3.8, 4) is 0 Å². The van der Waals surface area contributed by atoms with Gasteiger partial charge in [-0.1, -0.05) is 41.9 Å². The second-order valence-corrected chi connectivity index (χ2v) is 6.07. The van der Waals surface area contributed by atoms with Crippen molar-refractivity contribution in [3.63, 3.8) is 0 Å². The minimum Gasteiger partial charge on any atom is -0.481 e. The molecule has 4 nitrogen and oxygen atoms in total. The summed E-state index contributed by atoms with van der Waals surface area (Å²) in [6.07, 6.45) is 0.715. The number of carboxylic acid groups (broad SMARTS) is 1. The summed E-state index contributed by atoms with van der Waals surface area (Å²) in [5.74, 6) is -2.40. The SMILES string of the molecule is CC(Cc1ccc(Br)cc1)NC(=O)C(C)C(C)C(=O)O. The van der Waals surface area contributed by atoms with Gasteiger partial charge in [0.15, 0.2) is 0 Å². The molecule has 1 aromatic rings. The quantitative estimate of drug-likeness (QED) is 0.835. The van der Waals surface area contributed by atoms with Gasteiger partial charge < -0.3 is 10.4 Å². The fraction of sp³-hybridized carbons (Fsp3) is 0.467. The minimum absolute atomic E-state index is 0.0351. The molecule has 0 aliphatic carbocycles. The fourth-order valence-electron chi connectivity index (χ4n) is 1.84. The van der Waals surface area contributed by atoms with E-state index in [-0.39, 0.29) is 11.9 Å². The van der Waals surface area contributed by atoms with Gasteiger partial charge in [0.2, 0.25) is 5.91 Å². The van der Waals surface area contributed by atoms with E-state index in [1.807, 2.05) is 31.2 Å². The monoisotopic (exact) mass is 341 g/mol. The summed E-state index contributed by atoms with van der Waals surface area (Å²) in [4.78, 5) is 22.8. The number of carbonyl (C=O) groups is 2. The van der Waals surface area contributed by atoms with Gasteiger partial charge in [-0.05, 0) is 31.0 Å². The van der Waals surface area contributed by atoms with Gasteiger partial charge in [-0.3, -0.25) is 9.59 Å². The molecular formula is C15H20BrNO3. The number of benzene rings is 1. The Kier molecular flexibility index (Phi) is 6.20. The molecule has 0 aromatic heterocycles. The van der Waals surface area contributed by atoms with Crippen LogP contribution in [-0.2, 0) is 16.0 Å². The topological polar surface area (TPSA) is 66.4 Å². The van der Waals surface area contributed by atoms with Crippen LogP contribution in [0, 0.1) is 11.8 Å². The van der Waals surface area contributed by atoms with E-state index in [9.17, 15) is 9.59 Å². The summed E-state index contributed by atoms with van der Waals surface area (Å²) in [5, 5.41) is 11.8. The van der Waals surface area contributed by atoms with Gasteiger partial charge in [0.05, 0.1) is 5.92 Å². The van der Waals surface area contributed by atoms with Crippen molar-refractivity contribution >= 4 is 27.8 Å². The van der Waals surface area contributed by atoms with E-state index in [0.717, 1.165) is 10.0 Å². The van der Waals surface area contributed by atoms with E-state index in [2.05, 4.69) is 21.2 Å². The number of hydrogen-bond acceptors (Lipinski definition) is 2. The Balaban J connectivity index is 2.53. The molecule has 20 heavy (non-hydrogen) atoms. The maximum atomic E-state index is 12.0. The predicted octanol–water partition coefficient (Wildman–Crippen LogP) is 2.85. The standard InChI is InChI=1S/C15H20BrNO3/c1-9(8-12-4-6-13(16)7-5-12)17-14(18)10(2)11(3)15(19)20/h4-7,9-11H,8H2,1-3H3,(H,17,18)(H,19,20). The lowest BCUT2D eigenvalue weighted by Gasteiger charge is -2.20. The molecule has 0 saturated heterocycles. The highest BCUT2D eigenvalue weighted by Crippen LogP contribution is 2.14. The van der Waals surface area contributed by atoms with Crippen molar-refractivity contribution in [2.45, 2.75) is 33.2 Å². The number of carbonyl (C=O) groups excluding carboxylic acids is 1. The Morgan fingerprint density at radius 1 is 1.15 bits per heavy atom. The lowest BCUT2D eigenvalue weighted by Crippen LogP contribution is -2.40. The number of aliphatic carboxylic acids is 1. The van der Waals surface area contributed by atoms with E-state index < -0.39 is 17.8 Å². The highest BCUT2D eigenvalue weighted by molar-refractivity contribution is 9.10. The van der Waals surface area contributed by atoms with E-state index in [4.69, 9.17) is 5.11 Å². The van der Waals surface area contributed by atoms with Crippen LogP contribution in [0.3, 0.4) is 0 Å². The first-order valence-electron chi connectivity index (χ1n) is 6.59. The van der Waals surface area contributed by atoms with Crippen LogP contribution in [0.2, 0.25) is 0 Å². The Morgan fingerprint density at radius 3 is 2.20 bits per heavy atom. The van der Waals surface area contributed by atoms with Crippen molar-refractivity contribution in [2.75, 3.05) is 0 Å². The second-order valence-electron chi connectivity index (χ2n) is 5.16. The van der Waals surface area contributed by atoms with Crippen LogP contribution in [0.5, 0.6) is 0 Å². The van der Waals surface area contributed by atoms with Crippen LogP contribution >= 0.6 is 15.9 Å². The summed E-state index contributed by atoms with van der Waals surface area (Å²) in [5.41, 5.74) is 1.12. The molecule has 0 aliphatic rings. The van der Waals surface area contributed by atoms with Gasteiger partial charge >= 0.3 is 5.97 Å². The third-order valence-corrected chi connectivity index (χ3v) is 3.93. The summed E-state index contributed by atoms with van der Waals surface area (Å²) < 4.78 is 1.02. The third kappa shape index (κ3) is 4.96. The molecule has 0 spiro atoms. The Labute approximate surface area is 127 Å². The lowest BCUT2D eigenvalue weighted by atomic mass is 9.95. The third-order valence-electron chi connectivity index (χ3n) is 3.40. The van der Waals surface area contributed by atoms with Crippen LogP contribution < -0.4 is 5.32 Å². The highest BCUT2D eigenvalue weighted by atomic mass is 79.9. The van der Waals surface area contributed by atoms with Crippen LogP contribution in [0.25, 0.3) is 0 Å². The van der Waals surface area contributed by atoms with Gasteiger partial charge in [-0.15, -0.1) is 0 Å². The van der Waals surface area contributed by atoms with Crippen LogP contribution in [0.1, 0.15) is 26.3 Å². The van der Waals surface area contributed by atoms with Gasteiger partial charge in [-0.25, -0.2) is 0 Å². The molecule has 110 valence electrons. The second kappa shape index (κ2) is 7.43. The maximum absolute atomic E-state index is 12.0. The molecule has 3 unspecified atom stereocenters. The predicted molar refractivity (Wildman–Crippen MR) is 81.4 cm³/mol. The molecule has 0 aliphatic heterocycles. The number of halogens is 1. The molecule has 0 radical (unpaired) electrons. The lowest BCUT2D eigenvalue weighted by molar-refractivity contribution is -0.146. The van der Waals surface area contributed by atoms with Crippen LogP contribution in [-0.4, -0.2) is 23.0 Å². The molecule has 5 heteroatoms. The van der Waals surface area contributed by atoms with E-state index in [0.29, 0.717) is 6.42 Å². The number of carboxylic acids is 1. The zero-order valence-electron chi connectivity index (χ0n) is 11.9. The largest absolute Gasteiger partial charge is 0.481 e. The van der Waals surface area contributed by atoms with Crippen LogP contribution in [0.15, 0.2) is 28.7 Å². The van der Waals surface area contributed by atoms with Gasteiger partial charge in [-0.2, -0.15) is 0 Å². The first-order chi connectivity index (χ1) is 9.31. The van der Waals surface area contributed by atoms with Crippen LogP contribution in [0.4, 0.5) is 0 Å². The average Bonchev–Trinajstić information content (AvgIpc) is 2.39. The van der Waals surface area contributed by atoms with E-state index >= 15 is 0 Å². The summed E-state index contributed by atoms with van der Waals surface area (Å²) >= 11 is 3.38. The molecule has 1 aromatic carbocycles. The number of nitrogens with one attached hydrogen (secondary N) is 1. The molecule has 0 heterocycles. The Hall–Kier alpha value is -1.36. The molecule has 0 saturated carbocycles. The van der Waals surface area contributed by atoms with E-state index in [1.165, 1.54) is 0 Å². The minimum atomic E-state index is -0.951. The first-order valence-corrected chi connectivity index (χ1v) is 7.38. The molecule has 1 rings (SSSR count). The fourth-order valence-corrected chi connectivity index (χ4v) is 2.10. The Morgan fingerprint density at radius 2 is 1.70 bits per heavy atom. The molecule has 0 fully saturated rings. The first kappa shape index (κ1) is 16.7. The summed E-state index contributed by atoms with van der Waals surface area (Å²) in [7, 11) is 0. The zero-order chi connectivity index (χ0) is 15.3. The highest BCUT2D eigenvalue weighted by Gasteiger charge is 2.26. The summed E-state index contributed by atoms with van der Waals surface area (Å²) in [6, 6.07) is 7.87. The molecule has 1 amide bonds.